The summed E-state index contributed by atoms with van der Waals surface area (Å²) in [7, 11) is 6.42. The Hall–Kier alpha value is -4.00. The molecule has 7 nitrogen and oxygen atoms in total. The minimum atomic E-state index is -0.209. The van der Waals surface area contributed by atoms with Crippen molar-refractivity contribution in [3.05, 3.63) is 75.5 Å². The third kappa shape index (κ3) is 4.78. The summed E-state index contributed by atoms with van der Waals surface area (Å²) in [5.41, 5.74) is 2.29. The standard InChI is InChI=1S/C24H24N2O5/c1-25-18(9-5-16-7-11-20(30-3)14-22(16)27)13-19(26(2)24(25)29)10-6-17-8-12-21(31-4)15-23(17)28/h5-15H,1-4H3,(H,27,28)/p+1. The molecular weight excluding hydrogens is 396 g/mol. The molecule has 0 fully saturated rings. The van der Waals surface area contributed by atoms with E-state index in [1.54, 1.807) is 62.7 Å². The molecule has 0 aliphatic heterocycles. The number of phenols is 2. The third-order valence-electron chi connectivity index (χ3n) is 4.99. The Balaban J connectivity index is 1.96. The number of rotatable bonds is 6. The maximum absolute atomic E-state index is 12.7. The van der Waals surface area contributed by atoms with E-state index in [1.807, 2.05) is 6.07 Å². The highest BCUT2D eigenvalue weighted by Gasteiger charge is 2.13. The lowest BCUT2D eigenvalue weighted by molar-refractivity contribution is -0.692. The Morgan fingerprint density at radius 2 is 1.35 bits per heavy atom. The molecule has 1 aromatic heterocycles. The number of hydrogen-bond donors (Lipinski definition) is 2. The number of benzene rings is 2. The van der Waals surface area contributed by atoms with Gasteiger partial charge in [-0.15, -0.1) is 0 Å². The van der Waals surface area contributed by atoms with Gasteiger partial charge < -0.3 is 19.7 Å². The largest absolute Gasteiger partial charge is 0.507 e. The van der Waals surface area contributed by atoms with Gasteiger partial charge in [-0.25, -0.2) is 0 Å². The van der Waals surface area contributed by atoms with Crippen LogP contribution < -0.4 is 19.7 Å². The topological polar surface area (TPSA) is 84.8 Å². The van der Waals surface area contributed by atoms with E-state index in [0.717, 1.165) is 0 Å². The predicted octanol–water partition coefficient (Wildman–Crippen LogP) is 2.98. The predicted molar refractivity (Wildman–Crippen MR) is 120 cm³/mol. The van der Waals surface area contributed by atoms with Crippen LogP contribution in [0, 0.1) is 0 Å². The molecule has 1 heterocycles. The van der Waals surface area contributed by atoms with Gasteiger partial charge in [-0.3, -0.25) is 0 Å². The summed E-state index contributed by atoms with van der Waals surface area (Å²) in [4.78, 5) is 12.7. The molecule has 160 valence electrons. The maximum Gasteiger partial charge on any atom is 0.498 e. The van der Waals surface area contributed by atoms with E-state index >= 15 is 0 Å². The van der Waals surface area contributed by atoms with E-state index in [9.17, 15) is 15.0 Å². The van der Waals surface area contributed by atoms with E-state index in [-0.39, 0.29) is 17.2 Å². The van der Waals surface area contributed by atoms with Gasteiger partial charge in [0.25, 0.3) is 0 Å². The molecule has 0 aliphatic carbocycles. The van der Waals surface area contributed by atoms with Crippen LogP contribution in [-0.2, 0) is 14.1 Å². The first-order chi connectivity index (χ1) is 14.8. The number of ether oxygens (including phenoxy) is 2. The number of methoxy groups -OCH3 is 2. The summed E-state index contributed by atoms with van der Waals surface area (Å²) < 4.78 is 13.2. The summed E-state index contributed by atoms with van der Waals surface area (Å²) in [5, 5.41) is 20.3. The maximum atomic E-state index is 12.7. The fourth-order valence-corrected chi connectivity index (χ4v) is 3.04. The molecule has 0 amide bonds. The first kappa shape index (κ1) is 21.7. The molecule has 2 N–H and O–H groups in total. The monoisotopic (exact) mass is 421 g/mol. The lowest BCUT2D eigenvalue weighted by Gasteiger charge is -2.05. The highest BCUT2D eigenvalue weighted by atomic mass is 16.5. The van der Waals surface area contributed by atoms with Gasteiger partial charge in [-0.05, 0) is 48.6 Å². The van der Waals surface area contributed by atoms with E-state index in [2.05, 4.69) is 0 Å². The molecule has 0 unspecified atom stereocenters. The number of phenolic OH excluding ortho intramolecular Hbond substituents is 2. The van der Waals surface area contributed by atoms with Gasteiger partial charge in [0, 0.05) is 29.3 Å². The second-order valence-corrected chi connectivity index (χ2v) is 6.91. The molecule has 3 rings (SSSR count). The van der Waals surface area contributed by atoms with Gasteiger partial charge in [0.2, 0.25) is 0 Å². The van der Waals surface area contributed by atoms with Gasteiger partial charge in [0.15, 0.2) is 0 Å². The second kappa shape index (κ2) is 9.21. The van der Waals surface area contributed by atoms with Gasteiger partial charge >= 0.3 is 5.69 Å². The van der Waals surface area contributed by atoms with Gasteiger partial charge in [-0.2, -0.15) is 13.9 Å². The van der Waals surface area contributed by atoms with Crippen molar-refractivity contribution in [1.82, 2.24) is 4.57 Å². The molecule has 7 heteroatoms. The highest BCUT2D eigenvalue weighted by molar-refractivity contribution is 5.74. The fraction of sp³-hybridized carbons (Fsp3) is 0.167. The van der Waals surface area contributed by atoms with E-state index in [0.29, 0.717) is 34.0 Å². The van der Waals surface area contributed by atoms with Crippen molar-refractivity contribution in [1.29, 1.82) is 0 Å². The van der Waals surface area contributed by atoms with Gasteiger partial charge in [0.05, 0.1) is 28.3 Å². The normalized spacial score (nSPS) is 11.4. The number of hydrogen-bond acceptors (Lipinski definition) is 5. The van der Waals surface area contributed by atoms with Crippen molar-refractivity contribution in [2.75, 3.05) is 14.2 Å². The van der Waals surface area contributed by atoms with Gasteiger partial charge in [0.1, 0.15) is 34.4 Å². The Morgan fingerprint density at radius 3 is 1.84 bits per heavy atom. The minimum absolute atomic E-state index is 0.0807. The lowest BCUT2D eigenvalue weighted by Crippen LogP contribution is -2.53. The fourth-order valence-electron chi connectivity index (χ4n) is 3.04. The first-order valence-corrected chi connectivity index (χ1v) is 9.54. The lowest BCUT2D eigenvalue weighted by atomic mass is 10.1. The van der Waals surface area contributed by atoms with Crippen molar-refractivity contribution in [2.24, 2.45) is 14.1 Å². The molecule has 0 bridgehead atoms. The zero-order chi connectivity index (χ0) is 22.5. The van der Waals surface area contributed by atoms with Crippen LogP contribution in [0.3, 0.4) is 0 Å². The van der Waals surface area contributed by atoms with Crippen molar-refractivity contribution in [3.63, 3.8) is 0 Å². The van der Waals surface area contributed by atoms with E-state index in [1.165, 1.54) is 35.5 Å². The van der Waals surface area contributed by atoms with E-state index in [4.69, 9.17) is 9.47 Å². The zero-order valence-corrected chi connectivity index (χ0v) is 17.9. The number of nitrogens with zero attached hydrogens (tertiary/aromatic N) is 2. The Kier molecular flexibility index (Phi) is 6.45. The Bertz CT molecular complexity index is 1130. The smallest absolute Gasteiger partial charge is 0.498 e. The van der Waals surface area contributed by atoms with Crippen molar-refractivity contribution in [2.45, 2.75) is 0 Å². The summed E-state index contributed by atoms with van der Waals surface area (Å²) in [5.74, 6) is 1.28. The summed E-state index contributed by atoms with van der Waals surface area (Å²) in [6, 6.07) is 11.9. The van der Waals surface area contributed by atoms with Crippen LogP contribution in [0.25, 0.3) is 24.3 Å². The number of aromatic nitrogens is 2. The molecule has 0 spiro atoms. The quantitative estimate of drug-likeness (QED) is 0.598. The van der Waals surface area contributed by atoms with Crippen LogP contribution in [0.4, 0.5) is 0 Å². The molecule has 3 aromatic rings. The SMILES string of the molecule is COc1ccc(/C=C/c2cc(/C=C/c3ccc(OC)cc3O)[n+](C)c(=O)n2C)c(O)c1. The summed E-state index contributed by atoms with van der Waals surface area (Å²) in [6.07, 6.45) is 6.97. The molecule has 0 radical (unpaired) electrons. The van der Waals surface area contributed by atoms with E-state index < -0.39 is 0 Å². The molecule has 0 saturated heterocycles. The average Bonchev–Trinajstić information content (AvgIpc) is 2.77. The zero-order valence-electron chi connectivity index (χ0n) is 17.9. The molecule has 0 aliphatic rings. The summed E-state index contributed by atoms with van der Waals surface area (Å²) in [6.45, 7) is 0. The number of aromatic hydroxyl groups is 2. The van der Waals surface area contributed by atoms with Crippen molar-refractivity contribution < 1.29 is 24.3 Å². The molecule has 0 atom stereocenters. The molecule has 31 heavy (non-hydrogen) atoms. The molecular formula is C24H25N2O5+. The third-order valence-corrected chi connectivity index (χ3v) is 4.99. The minimum Gasteiger partial charge on any atom is -0.507 e. The van der Waals surface area contributed by atoms with Crippen LogP contribution in [0.15, 0.2) is 47.3 Å². The molecule has 0 saturated carbocycles. The Labute approximate surface area is 180 Å². The van der Waals surface area contributed by atoms with Crippen LogP contribution in [0.1, 0.15) is 22.5 Å². The highest BCUT2D eigenvalue weighted by Crippen LogP contribution is 2.26. The van der Waals surface area contributed by atoms with Crippen molar-refractivity contribution >= 4 is 24.3 Å². The first-order valence-electron chi connectivity index (χ1n) is 9.54. The average molecular weight is 421 g/mol. The van der Waals surface area contributed by atoms with Crippen molar-refractivity contribution in [3.8, 4) is 23.0 Å². The van der Waals surface area contributed by atoms with Crippen LogP contribution in [-0.4, -0.2) is 29.0 Å². The second-order valence-electron chi connectivity index (χ2n) is 6.91. The Morgan fingerprint density at radius 1 is 0.839 bits per heavy atom. The summed E-state index contributed by atoms with van der Waals surface area (Å²) >= 11 is 0. The van der Waals surface area contributed by atoms with Gasteiger partial charge in [-0.1, -0.05) is 0 Å². The van der Waals surface area contributed by atoms with Crippen LogP contribution >= 0.6 is 0 Å². The van der Waals surface area contributed by atoms with Crippen LogP contribution in [0.5, 0.6) is 23.0 Å². The van der Waals surface area contributed by atoms with Crippen LogP contribution in [0.2, 0.25) is 0 Å². The molecule has 2 aromatic carbocycles.